The van der Waals surface area contributed by atoms with Crippen molar-refractivity contribution < 1.29 is 4.79 Å². The number of hydrogen-bond acceptors (Lipinski definition) is 3. The first-order chi connectivity index (χ1) is 8.05. The van der Waals surface area contributed by atoms with E-state index < -0.39 is 0 Å². The summed E-state index contributed by atoms with van der Waals surface area (Å²) < 4.78 is 0. The molecule has 0 heterocycles. The molecule has 1 aliphatic carbocycles. The van der Waals surface area contributed by atoms with Crippen molar-refractivity contribution in [1.82, 2.24) is 4.90 Å². The zero-order chi connectivity index (χ0) is 12.9. The minimum Gasteiger partial charge on any atom is -0.344 e. The van der Waals surface area contributed by atoms with Crippen LogP contribution in [0.3, 0.4) is 0 Å². The van der Waals surface area contributed by atoms with E-state index in [9.17, 15) is 4.79 Å². The van der Waals surface area contributed by atoms with Crippen LogP contribution in [0.1, 0.15) is 32.6 Å². The first kappa shape index (κ1) is 14.8. The topological polar surface area (TPSA) is 46.3 Å². The van der Waals surface area contributed by atoms with E-state index in [0.717, 1.165) is 43.9 Å². The van der Waals surface area contributed by atoms with Crippen LogP contribution >= 0.6 is 11.8 Å². The van der Waals surface area contributed by atoms with Crippen molar-refractivity contribution >= 4 is 17.7 Å². The molecule has 0 atom stereocenters. The molecular formula is C13H26N2OS. The average Bonchev–Trinajstić information content (AvgIpc) is 2.36. The van der Waals surface area contributed by atoms with Gasteiger partial charge in [0.2, 0.25) is 5.91 Å². The number of nitrogens with zero attached hydrogens (tertiary/aromatic N) is 1. The minimum absolute atomic E-state index is 0.264. The Hall–Kier alpha value is -0.220. The number of amides is 1. The molecule has 0 saturated heterocycles. The van der Waals surface area contributed by atoms with Crippen molar-refractivity contribution in [2.45, 2.75) is 32.6 Å². The van der Waals surface area contributed by atoms with Crippen LogP contribution in [-0.2, 0) is 4.79 Å². The van der Waals surface area contributed by atoms with Gasteiger partial charge in [-0.1, -0.05) is 6.92 Å². The molecule has 4 heteroatoms. The maximum atomic E-state index is 12.5. The lowest BCUT2D eigenvalue weighted by Crippen LogP contribution is -2.49. The number of carbonyl (C=O) groups excluding carboxylic acids is 1. The van der Waals surface area contributed by atoms with Gasteiger partial charge in [-0.25, -0.2) is 0 Å². The molecule has 1 aliphatic rings. The zero-order valence-electron chi connectivity index (χ0n) is 11.4. The maximum Gasteiger partial charge on any atom is 0.229 e. The molecule has 1 amide bonds. The fourth-order valence-corrected chi connectivity index (χ4v) is 3.01. The summed E-state index contributed by atoms with van der Waals surface area (Å²) in [4.78, 5) is 14.4. The fraction of sp³-hybridized carbons (Fsp3) is 0.923. The largest absolute Gasteiger partial charge is 0.344 e. The standard InChI is InChI=1S/C13H26N2OS/c1-11-4-6-13(10-14,7-5-11)12(16)15(2)8-9-17-3/h11H,4-10,14H2,1-3H3. The molecule has 17 heavy (non-hydrogen) atoms. The molecule has 2 N–H and O–H groups in total. The van der Waals surface area contributed by atoms with Crippen molar-refractivity contribution in [3.8, 4) is 0 Å². The highest BCUT2D eigenvalue weighted by Crippen LogP contribution is 2.39. The van der Waals surface area contributed by atoms with Crippen LogP contribution in [0.4, 0.5) is 0 Å². The SMILES string of the molecule is CSCCN(C)C(=O)C1(CN)CCC(C)CC1. The van der Waals surface area contributed by atoms with Crippen LogP contribution in [-0.4, -0.2) is 43.0 Å². The molecule has 0 aromatic rings. The third-order valence-corrected chi connectivity index (χ3v) is 4.64. The summed E-state index contributed by atoms with van der Waals surface area (Å²) >= 11 is 1.78. The Morgan fingerprint density at radius 1 is 1.47 bits per heavy atom. The van der Waals surface area contributed by atoms with Gasteiger partial charge in [0.15, 0.2) is 0 Å². The molecule has 1 rings (SSSR count). The number of hydrogen-bond donors (Lipinski definition) is 1. The van der Waals surface area contributed by atoms with Gasteiger partial charge in [0.25, 0.3) is 0 Å². The summed E-state index contributed by atoms with van der Waals surface area (Å²) in [5.74, 6) is 2.01. The number of rotatable bonds is 5. The Kier molecular flexibility index (Phi) is 5.80. The summed E-state index contributed by atoms with van der Waals surface area (Å²) in [6, 6.07) is 0. The molecule has 0 radical (unpaired) electrons. The molecule has 3 nitrogen and oxygen atoms in total. The summed E-state index contributed by atoms with van der Waals surface area (Å²) in [7, 11) is 1.91. The van der Waals surface area contributed by atoms with Gasteiger partial charge in [0.05, 0.1) is 5.41 Å². The van der Waals surface area contributed by atoms with Crippen LogP contribution in [0.15, 0.2) is 0 Å². The Bertz CT molecular complexity index is 250. The monoisotopic (exact) mass is 258 g/mol. The number of thioether (sulfide) groups is 1. The highest BCUT2D eigenvalue weighted by Gasteiger charge is 2.41. The molecule has 0 spiro atoms. The van der Waals surface area contributed by atoms with E-state index in [0.29, 0.717) is 6.54 Å². The van der Waals surface area contributed by atoms with Gasteiger partial charge >= 0.3 is 0 Å². The summed E-state index contributed by atoms with van der Waals surface area (Å²) in [5.41, 5.74) is 5.63. The Morgan fingerprint density at radius 2 is 2.06 bits per heavy atom. The summed E-state index contributed by atoms with van der Waals surface area (Å²) in [6.45, 7) is 3.60. The highest BCUT2D eigenvalue weighted by molar-refractivity contribution is 7.98. The van der Waals surface area contributed by atoms with Gasteiger partial charge < -0.3 is 10.6 Å². The highest BCUT2D eigenvalue weighted by atomic mass is 32.2. The van der Waals surface area contributed by atoms with Crippen molar-refractivity contribution in [2.75, 3.05) is 32.1 Å². The third kappa shape index (κ3) is 3.62. The lowest BCUT2D eigenvalue weighted by molar-refractivity contribution is -0.142. The minimum atomic E-state index is -0.264. The molecule has 1 fully saturated rings. The van der Waals surface area contributed by atoms with E-state index in [1.54, 1.807) is 11.8 Å². The van der Waals surface area contributed by atoms with Gasteiger partial charge in [0, 0.05) is 25.9 Å². The molecule has 0 aromatic carbocycles. The maximum absolute atomic E-state index is 12.5. The average molecular weight is 258 g/mol. The third-order valence-electron chi connectivity index (χ3n) is 4.05. The van der Waals surface area contributed by atoms with Gasteiger partial charge in [-0.2, -0.15) is 11.8 Å². The van der Waals surface area contributed by atoms with Crippen molar-refractivity contribution in [3.63, 3.8) is 0 Å². The lowest BCUT2D eigenvalue weighted by Gasteiger charge is -2.39. The van der Waals surface area contributed by atoms with E-state index in [1.807, 2.05) is 11.9 Å². The van der Waals surface area contributed by atoms with E-state index in [-0.39, 0.29) is 11.3 Å². The van der Waals surface area contributed by atoms with Gasteiger partial charge in [-0.15, -0.1) is 0 Å². The quantitative estimate of drug-likeness (QED) is 0.820. The molecule has 0 bridgehead atoms. The Balaban J connectivity index is 2.62. The van der Waals surface area contributed by atoms with Gasteiger partial charge in [0.1, 0.15) is 0 Å². The van der Waals surface area contributed by atoms with Crippen molar-refractivity contribution in [1.29, 1.82) is 0 Å². The molecule has 0 unspecified atom stereocenters. The van der Waals surface area contributed by atoms with Crippen LogP contribution < -0.4 is 5.73 Å². The van der Waals surface area contributed by atoms with Crippen molar-refractivity contribution in [2.24, 2.45) is 17.1 Å². The number of carbonyl (C=O) groups is 1. The zero-order valence-corrected chi connectivity index (χ0v) is 12.2. The van der Waals surface area contributed by atoms with E-state index in [4.69, 9.17) is 5.73 Å². The first-order valence-electron chi connectivity index (χ1n) is 6.50. The van der Waals surface area contributed by atoms with E-state index in [2.05, 4.69) is 13.2 Å². The van der Waals surface area contributed by atoms with Crippen LogP contribution in [0, 0.1) is 11.3 Å². The van der Waals surface area contributed by atoms with Crippen LogP contribution in [0.5, 0.6) is 0 Å². The van der Waals surface area contributed by atoms with E-state index in [1.165, 1.54) is 0 Å². The predicted octanol–water partition coefficient (Wildman–Crippen LogP) is 1.96. The summed E-state index contributed by atoms with van der Waals surface area (Å²) in [5, 5.41) is 0. The van der Waals surface area contributed by atoms with E-state index >= 15 is 0 Å². The smallest absolute Gasteiger partial charge is 0.229 e. The molecule has 100 valence electrons. The second kappa shape index (κ2) is 6.64. The Labute approximate surface area is 109 Å². The second-order valence-electron chi connectivity index (χ2n) is 5.39. The lowest BCUT2D eigenvalue weighted by atomic mass is 9.70. The second-order valence-corrected chi connectivity index (χ2v) is 6.37. The van der Waals surface area contributed by atoms with Crippen molar-refractivity contribution in [3.05, 3.63) is 0 Å². The van der Waals surface area contributed by atoms with Gasteiger partial charge in [-0.3, -0.25) is 4.79 Å². The normalized spacial score (nSPS) is 29.1. The molecular weight excluding hydrogens is 232 g/mol. The summed E-state index contributed by atoms with van der Waals surface area (Å²) in [6.07, 6.45) is 6.28. The van der Waals surface area contributed by atoms with Crippen LogP contribution in [0.25, 0.3) is 0 Å². The molecule has 1 saturated carbocycles. The van der Waals surface area contributed by atoms with Crippen LogP contribution in [0.2, 0.25) is 0 Å². The first-order valence-corrected chi connectivity index (χ1v) is 7.89. The number of nitrogens with two attached hydrogens (primary N) is 1. The fourth-order valence-electron chi connectivity index (χ4n) is 2.55. The Morgan fingerprint density at radius 3 is 2.53 bits per heavy atom. The van der Waals surface area contributed by atoms with Gasteiger partial charge in [-0.05, 0) is 37.9 Å². The predicted molar refractivity (Wildman–Crippen MR) is 75.1 cm³/mol. The molecule has 0 aromatic heterocycles. The molecule has 0 aliphatic heterocycles.